The number of aromatic nitrogens is 2. The molecule has 2 aromatic carbocycles. The van der Waals surface area contributed by atoms with Crippen LogP contribution >= 0.6 is 15.9 Å². The Balaban J connectivity index is 1.83. The Morgan fingerprint density at radius 2 is 1.88 bits per heavy atom. The molecule has 26 heavy (non-hydrogen) atoms. The van der Waals surface area contributed by atoms with Gasteiger partial charge in [0.15, 0.2) is 11.6 Å². The topological polar surface area (TPSA) is 93.3 Å². The van der Waals surface area contributed by atoms with E-state index in [1.165, 1.54) is 12.3 Å². The zero-order chi connectivity index (χ0) is 18.5. The molecule has 3 rings (SSSR count). The number of hydrazone groups is 1. The Morgan fingerprint density at radius 1 is 1.15 bits per heavy atom. The maximum Gasteiger partial charge on any atom is 0.278 e. The first-order valence-electron chi connectivity index (χ1n) is 7.67. The van der Waals surface area contributed by atoms with E-state index in [1.807, 2.05) is 31.2 Å². The van der Waals surface area contributed by atoms with Gasteiger partial charge in [-0.05, 0) is 25.1 Å². The van der Waals surface area contributed by atoms with Crippen molar-refractivity contribution >= 4 is 33.6 Å². The third-order valence-corrected chi connectivity index (χ3v) is 4.00. The van der Waals surface area contributed by atoms with Gasteiger partial charge in [-0.25, -0.2) is 9.97 Å². The van der Waals surface area contributed by atoms with Crippen LogP contribution in [0.2, 0.25) is 0 Å². The third-order valence-electron chi connectivity index (χ3n) is 3.47. The van der Waals surface area contributed by atoms with Crippen molar-refractivity contribution < 1.29 is 4.92 Å². The van der Waals surface area contributed by atoms with Crippen molar-refractivity contribution in [1.82, 2.24) is 9.97 Å². The Hall–Kier alpha value is -3.13. The SMILES string of the molecule is Cc1cc(NN=Cc2ccccc2[N+](=O)[O-])nc(-c2ccc(Br)cc2)n1. The predicted molar refractivity (Wildman–Crippen MR) is 104 cm³/mol. The highest BCUT2D eigenvalue weighted by Crippen LogP contribution is 2.21. The van der Waals surface area contributed by atoms with Gasteiger partial charge in [-0.3, -0.25) is 15.5 Å². The van der Waals surface area contributed by atoms with Crippen LogP contribution in [0.25, 0.3) is 11.4 Å². The van der Waals surface area contributed by atoms with E-state index in [0.717, 1.165) is 15.7 Å². The van der Waals surface area contributed by atoms with Crippen LogP contribution in [-0.4, -0.2) is 21.1 Å². The lowest BCUT2D eigenvalue weighted by molar-refractivity contribution is -0.385. The van der Waals surface area contributed by atoms with Crippen molar-refractivity contribution in [3.63, 3.8) is 0 Å². The minimum atomic E-state index is -0.443. The molecule has 0 unspecified atom stereocenters. The Labute approximate surface area is 158 Å². The number of hydrogen-bond donors (Lipinski definition) is 1. The van der Waals surface area contributed by atoms with Crippen LogP contribution in [0.15, 0.2) is 64.2 Å². The minimum absolute atomic E-state index is 0.00697. The van der Waals surface area contributed by atoms with Crippen LogP contribution in [-0.2, 0) is 0 Å². The van der Waals surface area contributed by atoms with Crippen LogP contribution in [0, 0.1) is 17.0 Å². The fourth-order valence-electron chi connectivity index (χ4n) is 2.28. The molecule has 1 heterocycles. The number of halogens is 1. The minimum Gasteiger partial charge on any atom is -0.261 e. The van der Waals surface area contributed by atoms with E-state index in [9.17, 15) is 10.1 Å². The lowest BCUT2D eigenvalue weighted by atomic mass is 10.2. The molecule has 0 aliphatic heterocycles. The summed E-state index contributed by atoms with van der Waals surface area (Å²) in [4.78, 5) is 19.4. The number of nitrogens with one attached hydrogen (secondary N) is 1. The second kappa shape index (κ2) is 7.83. The molecule has 0 radical (unpaired) electrons. The van der Waals surface area contributed by atoms with Gasteiger partial charge in [0.05, 0.1) is 16.7 Å². The number of rotatable bonds is 5. The van der Waals surface area contributed by atoms with E-state index < -0.39 is 4.92 Å². The summed E-state index contributed by atoms with van der Waals surface area (Å²) in [5.74, 6) is 1.08. The summed E-state index contributed by atoms with van der Waals surface area (Å²) in [7, 11) is 0. The Bertz CT molecular complexity index is 974. The highest BCUT2D eigenvalue weighted by molar-refractivity contribution is 9.10. The molecule has 0 atom stereocenters. The Morgan fingerprint density at radius 3 is 2.62 bits per heavy atom. The molecular weight excluding hydrogens is 398 g/mol. The van der Waals surface area contributed by atoms with Gasteiger partial charge in [0.25, 0.3) is 5.69 Å². The summed E-state index contributed by atoms with van der Waals surface area (Å²) in [6.45, 7) is 1.86. The molecule has 0 bridgehead atoms. The molecule has 7 nitrogen and oxygen atoms in total. The zero-order valence-corrected chi connectivity index (χ0v) is 15.3. The molecular formula is C18H14BrN5O2. The largest absolute Gasteiger partial charge is 0.278 e. The number of nitro benzene ring substituents is 1. The van der Waals surface area contributed by atoms with Gasteiger partial charge in [-0.1, -0.05) is 40.2 Å². The molecule has 0 fully saturated rings. The normalized spacial score (nSPS) is 10.8. The lowest BCUT2D eigenvalue weighted by Gasteiger charge is -2.06. The average Bonchev–Trinajstić information content (AvgIpc) is 2.62. The number of anilines is 1. The van der Waals surface area contributed by atoms with E-state index in [2.05, 4.69) is 36.4 Å². The Kier molecular flexibility index (Phi) is 5.33. The number of nitrogens with zero attached hydrogens (tertiary/aromatic N) is 4. The van der Waals surface area contributed by atoms with Crippen LogP contribution in [0.1, 0.15) is 11.3 Å². The number of aryl methyl sites for hydroxylation is 1. The lowest BCUT2D eigenvalue weighted by Crippen LogP contribution is -2.00. The predicted octanol–water partition coefficient (Wildman–Crippen LogP) is 4.57. The fraction of sp³-hybridized carbons (Fsp3) is 0.0556. The van der Waals surface area contributed by atoms with Gasteiger partial charge in [0, 0.05) is 27.9 Å². The molecule has 3 aromatic rings. The standard InChI is InChI=1S/C18H14BrN5O2/c1-12-10-17(22-18(21-12)13-6-8-15(19)9-7-13)23-20-11-14-4-2-3-5-16(14)24(25)26/h2-11H,1H3,(H,21,22,23). The van der Waals surface area contributed by atoms with Crippen molar-refractivity contribution in [3.05, 3.63) is 80.4 Å². The zero-order valence-electron chi connectivity index (χ0n) is 13.8. The van der Waals surface area contributed by atoms with Gasteiger partial charge < -0.3 is 0 Å². The highest BCUT2D eigenvalue weighted by atomic mass is 79.9. The first kappa shape index (κ1) is 17.7. The smallest absolute Gasteiger partial charge is 0.261 e. The number of para-hydroxylation sites is 1. The summed E-state index contributed by atoms with van der Waals surface area (Å²) in [6.07, 6.45) is 1.40. The van der Waals surface area contributed by atoms with Gasteiger partial charge in [0.2, 0.25) is 0 Å². The van der Waals surface area contributed by atoms with Crippen molar-refractivity contribution in [2.45, 2.75) is 6.92 Å². The maximum absolute atomic E-state index is 11.0. The molecule has 0 saturated carbocycles. The molecule has 0 aliphatic carbocycles. The van der Waals surface area contributed by atoms with Gasteiger partial charge in [-0.2, -0.15) is 5.10 Å². The molecule has 0 aliphatic rings. The second-order valence-corrected chi connectivity index (χ2v) is 6.33. The summed E-state index contributed by atoms with van der Waals surface area (Å²) in [5, 5.41) is 15.1. The molecule has 8 heteroatoms. The fourth-order valence-corrected chi connectivity index (χ4v) is 2.55. The number of benzene rings is 2. The monoisotopic (exact) mass is 411 g/mol. The van der Waals surface area contributed by atoms with Crippen molar-refractivity contribution in [1.29, 1.82) is 0 Å². The van der Waals surface area contributed by atoms with Crippen LogP contribution in [0.4, 0.5) is 11.5 Å². The molecule has 0 spiro atoms. The number of hydrogen-bond acceptors (Lipinski definition) is 6. The van der Waals surface area contributed by atoms with Gasteiger partial charge in [-0.15, -0.1) is 0 Å². The first-order valence-corrected chi connectivity index (χ1v) is 8.46. The van der Waals surface area contributed by atoms with Crippen LogP contribution < -0.4 is 5.43 Å². The maximum atomic E-state index is 11.0. The summed E-state index contributed by atoms with van der Waals surface area (Å²) < 4.78 is 0.973. The quantitative estimate of drug-likeness (QED) is 0.377. The average molecular weight is 412 g/mol. The van der Waals surface area contributed by atoms with E-state index in [4.69, 9.17) is 0 Å². The molecule has 0 amide bonds. The number of nitro groups is 1. The van der Waals surface area contributed by atoms with E-state index >= 15 is 0 Å². The summed E-state index contributed by atoms with van der Waals surface area (Å²) in [6, 6.07) is 15.8. The summed E-state index contributed by atoms with van der Waals surface area (Å²) in [5.41, 5.74) is 4.86. The molecule has 0 saturated heterocycles. The highest BCUT2D eigenvalue weighted by Gasteiger charge is 2.10. The third kappa shape index (κ3) is 4.28. The molecule has 1 N–H and O–H groups in total. The van der Waals surface area contributed by atoms with Gasteiger partial charge >= 0.3 is 0 Å². The van der Waals surface area contributed by atoms with E-state index in [-0.39, 0.29) is 5.69 Å². The first-order chi connectivity index (χ1) is 12.5. The van der Waals surface area contributed by atoms with Crippen LogP contribution in [0.5, 0.6) is 0 Å². The van der Waals surface area contributed by atoms with E-state index in [0.29, 0.717) is 17.2 Å². The molecule has 1 aromatic heterocycles. The van der Waals surface area contributed by atoms with Crippen molar-refractivity contribution in [3.8, 4) is 11.4 Å². The van der Waals surface area contributed by atoms with Crippen molar-refractivity contribution in [2.75, 3.05) is 5.43 Å². The van der Waals surface area contributed by atoms with Crippen LogP contribution in [0.3, 0.4) is 0 Å². The summed E-state index contributed by atoms with van der Waals surface area (Å²) >= 11 is 3.40. The van der Waals surface area contributed by atoms with Crippen molar-refractivity contribution in [2.24, 2.45) is 5.10 Å². The second-order valence-electron chi connectivity index (χ2n) is 5.41. The molecule has 130 valence electrons. The van der Waals surface area contributed by atoms with E-state index in [1.54, 1.807) is 24.3 Å². The van der Waals surface area contributed by atoms with Gasteiger partial charge in [0.1, 0.15) is 0 Å².